The highest BCUT2D eigenvalue weighted by atomic mass is 32.2. The Labute approximate surface area is 194 Å². The largest absolute Gasteiger partial charge is 0.283 e. The molecule has 0 spiro atoms. The minimum absolute atomic E-state index is 0.0689. The van der Waals surface area contributed by atoms with Gasteiger partial charge in [0.2, 0.25) is 4.77 Å². The summed E-state index contributed by atoms with van der Waals surface area (Å²) in [7, 11) is -0.932. The highest BCUT2D eigenvalue weighted by Gasteiger charge is 2.31. The normalized spacial score (nSPS) is 18.0. The van der Waals surface area contributed by atoms with Crippen LogP contribution in [0.5, 0.6) is 0 Å². The third-order valence-electron chi connectivity index (χ3n) is 6.15. The van der Waals surface area contributed by atoms with Crippen LogP contribution in [0.15, 0.2) is 24.3 Å². The van der Waals surface area contributed by atoms with E-state index in [1.165, 1.54) is 5.56 Å². The fourth-order valence-corrected chi connectivity index (χ4v) is 6.18. The molecule has 0 radical (unpaired) electrons. The molecule has 1 atom stereocenters. The summed E-state index contributed by atoms with van der Waals surface area (Å²) in [5, 5.41) is 7.98. The molecule has 1 unspecified atom stereocenters. The number of sulfone groups is 1. The Bertz CT molecular complexity index is 1270. The number of aromatic amines is 1. The molecule has 0 aliphatic carbocycles. The van der Waals surface area contributed by atoms with Gasteiger partial charge < -0.3 is 0 Å². The van der Waals surface area contributed by atoms with Gasteiger partial charge in [-0.1, -0.05) is 31.2 Å². The monoisotopic (exact) mass is 474 g/mol. The van der Waals surface area contributed by atoms with Gasteiger partial charge in [0.25, 0.3) is 0 Å². The average molecular weight is 475 g/mol. The lowest BCUT2D eigenvalue weighted by Gasteiger charge is -2.18. The third kappa shape index (κ3) is 4.72. The van der Waals surface area contributed by atoms with Crippen LogP contribution in [0.1, 0.15) is 41.9 Å². The average Bonchev–Trinajstić information content (AvgIpc) is 3.39. The van der Waals surface area contributed by atoms with Crippen molar-refractivity contribution in [3.05, 3.63) is 51.6 Å². The van der Waals surface area contributed by atoms with Crippen LogP contribution in [0, 0.1) is 18.6 Å². The maximum Gasteiger partial charge on any atom is 0.217 e. The zero-order valence-electron chi connectivity index (χ0n) is 19.0. The fraction of sp³-hybridized carbons (Fsp3) is 0.500. The highest BCUT2D eigenvalue weighted by Crippen LogP contribution is 2.27. The van der Waals surface area contributed by atoms with Crippen LogP contribution >= 0.6 is 12.2 Å². The summed E-state index contributed by atoms with van der Waals surface area (Å²) in [5.74, 6) is 1.18. The molecule has 10 heteroatoms. The molecule has 3 heterocycles. The van der Waals surface area contributed by atoms with Crippen LogP contribution in [0.2, 0.25) is 0 Å². The van der Waals surface area contributed by atoms with Crippen molar-refractivity contribution < 1.29 is 8.42 Å². The highest BCUT2D eigenvalue weighted by molar-refractivity contribution is 7.91. The van der Waals surface area contributed by atoms with E-state index in [0.29, 0.717) is 24.4 Å². The van der Waals surface area contributed by atoms with Crippen LogP contribution in [0.3, 0.4) is 0 Å². The van der Waals surface area contributed by atoms with Crippen molar-refractivity contribution >= 4 is 22.1 Å². The zero-order chi connectivity index (χ0) is 23.0. The first-order valence-corrected chi connectivity index (χ1v) is 13.1. The van der Waals surface area contributed by atoms with Gasteiger partial charge in [0.15, 0.2) is 15.7 Å². The smallest absolute Gasteiger partial charge is 0.217 e. The van der Waals surface area contributed by atoms with E-state index in [4.69, 9.17) is 12.2 Å². The van der Waals surface area contributed by atoms with Crippen molar-refractivity contribution in [3.63, 3.8) is 0 Å². The van der Waals surface area contributed by atoms with Crippen LogP contribution < -0.4 is 0 Å². The van der Waals surface area contributed by atoms with Crippen LogP contribution in [0.25, 0.3) is 11.4 Å². The molecule has 32 heavy (non-hydrogen) atoms. The molecule has 1 N–H and O–H groups in total. The van der Waals surface area contributed by atoms with Gasteiger partial charge in [-0.3, -0.25) is 14.7 Å². The molecular weight excluding hydrogens is 444 g/mol. The molecule has 0 saturated carbocycles. The third-order valence-corrected chi connectivity index (χ3v) is 8.22. The summed E-state index contributed by atoms with van der Waals surface area (Å²) >= 11 is 5.47. The second-order valence-corrected chi connectivity index (χ2v) is 11.2. The molecule has 4 rings (SSSR count). The molecule has 3 aromatic rings. The summed E-state index contributed by atoms with van der Waals surface area (Å²) in [6, 6.07) is 8.27. The number of hydrogen-bond donors (Lipinski definition) is 1. The van der Waals surface area contributed by atoms with Crippen molar-refractivity contribution in [2.75, 3.05) is 18.6 Å². The minimum atomic E-state index is -2.95. The van der Waals surface area contributed by atoms with Gasteiger partial charge in [0.1, 0.15) is 0 Å². The molecule has 1 aliphatic heterocycles. The first-order valence-electron chi connectivity index (χ1n) is 10.9. The quantitative estimate of drug-likeness (QED) is 0.528. The summed E-state index contributed by atoms with van der Waals surface area (Å²) in [6.07, 6.45) is 1.63. The summed E-state index contributed by atoms with van der Waals surface area (Å²) in [6.45, 7) is 7.37. The van der Waals surface area contributed by atoms with Gasteiger partial charge in [0.05, 0.1) is 29.9 Å². The number of rotatable bonds is 7. The van der Waals surface area contributed by atoms with E-state index in [9.17, 15) is 8.42 Å². The first kappa shape index (κ1) is 22.9. The maximum atomic E-state index is 11.9. The van der Waals surface area contributed by atoms with Crippen molar-refractivity contribution in [1.82, 2.24) is 29.4 Å². The van der Waals surface area contributed by atoms with Crippen LogP contribution in [-0.2, 0) is 29.5 Å². The zero-order valence-corrected chi connectivity index (χ0v) is 20.6. The first-order chi connectivity index (χ1) is 15.2. The molecule has 1 aliphatic rings. The summed E-state index contributed by atoms with van der Waals surface area (Å²) < 4.78 is 28.1. The van der Waals surface area contributed by atoms with Crippen molar-refractivity contribution in [2.24, 2.45) is 0 Å². The van der Waals surface area contributed by atoms with Crippen molar-refractivity contribution in [2.45, 2.75) is 52.9 Å². The molecular formula is C22H30N6O2S2. The van der Waals surface area contributed by atoms with Gasteiger partial charge >= 0.3 is 0 Å². The Morgan fingerprint density at radius 1 is 1.25 bits per heavy atom. The van der Waals surface area contributed by atoms with Gasteiger partial charge in [-0.2, -0.15) is 10.1 Å². The molecule has 1 saturated heterocycles. The van der Waals surface area contributed by atoms with E-state index in [1.807, 2.05) is 30.3 Å². The van der Waals surface area contributed by atoms with E-state index in [2.05, 4.69) is 51.3 Å². The molecule has 2 aromatic heterocycles. The topological polar surface area (TPSA) is 88.8 Å². The lowest BCUT2D eigenvalue weighted by molar-refractivity contribution is 0.243. The van der Waals surface area contributed by atoms with E-state index in [-0.39, 0.29) is 17.5 Å². The van der Waals surface area contributed by atoms with Gasteiger partial charge in [-0.15, -0.1) is 0 Å². The molecule has 8 nitrogen and oxygen atoms in total. The fourth-order valence-electron chi connectivity index (χ4n) is 4.29. The second-order valence-electron chi connectivity index (χ2n) is 8.64. The Hall–Kier alpha value is -2.30. The Morgan fingerprint density at radius 3 is 2.59 bits per heavy atom. The van der Waals surface area contributed by atoms with E-state index in [0.717, 1.165) is 34.8 Å². The van der Waals surface area contributed by atoms with Crippen LogP contribution in [0.4, 0.5) is 0 Å². The van der Waals surface area contributed by atoms with Gasteiger partial charge in [-0.25, -0.2) is 13.1 Å². The van der Waals surface area contributed by atoms with Crippen molar-refractivity contribution in [3.8, 4) is 11.4 Å². The summed E-state index contributed by atoms with van der Waals surface area (Å²) in [5.41, 5.74) is 5.38. The number of H-pyrrole nitrogens is 1. The predicted octanol–water partition coefficient (Wildman–Crippen LogP) is 3.43. The minimum Gasteiger partial charge on any atom is -0.283 e. The number of nitrogens with one attached hydrogen (secondary N) is 1. The molecule has 1 fully saturated rings. The number of benzene rings is 1. The number of aryl methyl sites for hydroxylation is 2. The molecule has 172 valence electrons. The Morgan fingerprint density at radius 2 is 1.97 bits per heavy atom. The lowest BCUT2D eigenvalue weighted by atomic mass is 10.1. The van der Waals surface area contributed by atoms with E-state index >= 15 is 0 Å². The number of aromatic nitrogens is 5. The van der Waals surface area contributed by atoms with E-state index < -0.39 is 9.84 Å². The van der Waals surface area contributed by atoms with Crippen LogP contribution in [-0.4, -0.2) is 56.4 Å². The predicted molar refractivity (Wildman–Crippen MR) is 128 cm³/mol. The van der Waals surface area contributed by atoms with E-state index in [1.54, 1.807) is 0 Å². The number of nitrogens with zero attached hydrogens (tertiary/aromatic N) is 5. The van der Waals surface area contributed by atoms with Crippen molar-refractivity contribution in [1.29, 1.82) is 0 Å². The standard InChI is InChI=1S/C22H30N6O2S2/c1-5-17-6-8-18(9-7-17)21-23-22(31)27(25-21)14-26(4)12-20-15(2)24-28(16(20)3)19-10-11-32(29,30)13-19/h6-9,19H,5,10-14H2,1-4H3,(H,23,25,31). The Kier molecular flexibility index (Phi) is 6.37. The Balaban J connectivity index is 1.48. The SMILES string of the molecule is CCc1ccc(-c2nc(=S)n(CN(C)Cc3c(C)nn(C4CCS(=O)(=O)C4)c3C)[nH]2)cc1. The lowest BCUT2D eigenvalue weighted by Crippen LogP contribution is -2.23. The molecule has 0 bridgehead atoms. The molecule has 0 amide bonds. The maximum absolute atomic E-state index is 11.9. The van der Waals surface area contributed by atoms with Gasteiger partial charge in [0, 0.05) is 23.4 Å². The number of hydrogen-bond acceptors (Lipinski definition) is 6. The summed E-state index contributed by atoms with van der Waals surface area (Å²) in [4.78, 5) is 6.67. The molecule has 1 aromatic carbocycles. The second kappa shape index (κ2) is 8.92. The van der Waals surface area contributed by atoms with Gasteiger partial charge in [-0.05, 0) is 51.5 Å².